The molecule has 1 fully saturated rings. The number of nitrogens with zero attached hydrogens (tertiary/aromatic N) is 5. The van der Waals surface area contributed by atoms with Crippen molar-refractivity contribution in [3.63, 3.8) is 0 Å². The fraction of sp³-hybridized carbons (Fsp3) is 0.556. The summed E-state index contributed by atoms with van der Waals surface area (Å²) in [5.41, 5.74) is 11.2. The van der Waals surface area contributed by atoms with Gasteiger partial charge >= 0.3 is 5.95 Å². The number of nitrogen functional groups attached to an aromatic ring is 1. The SMILES string of the molecule is CCOc1nn2c(N)[n+](CC(=O)c3cc(N4CCOCC4)c(OC)c(C(C)(C)C)c3)nc2c(CC)c1C. The minimum atomic E-state index is -0.231. The van der Waals surface area contributed by atoms with Crippen LogP contribution in [-0.4, -0.2) is 60.5 Å². The molecule has 10 heteroatoms. The molecule has 1 aliphatic rings. The van der Waals surface area contributed by atoms with Crippen LogP contribution in [0.3, 0.4) is 0 Å². The van der Waals surface area contributed by atoms with Gasteiger partial charge in [-0.2, -0.15) is 0 Å². The first-order chi connectivity index (χ1) is 17.6. The van der Waals surface area contributed by atoms with Crippen molar-refractivity contribution in [2.45, 2.75) is 59.9 Å². The van der Waals surface area contributed by atoms with E-state index in [9.17, 15) is 4.79 Å². The Morgan fingerprint density at radius 3 is 2.51 bits per heavy atom. The number of hydrogen-bond acceptors (Lipinski definition) is 8. The first-order valence-electron chi connectivity index (χ1n) is 12.9. The van der Waals surface area contributed by atoms with Gasteiger partial charge in [0.15, 0.2) is 12.3 Å². The van der Waals surface area contributed by atoms with Crippen molar-refractivity contribution in [3.05, 3.63) is 34.4 Å². The van der Waals surface area contributed by atoms with E-state index in [0.29, 0.717) is 36.9 Å². The largest absolute Gasteiger partial charge is 0.494 e. The van der Waals surface area contributed by atoms with E-state index in [1.165, 1.54) is 4.68 Å². The first kappa shape index (κ1) is 26.7. The summed E-state index contributed by atoms with van der Waals surface area (Å²) >= 11 is 0. The quantitative estimate of drug-likeness (QED) is 0.363. The van der Waals surface area contributed by atoms with Gasteiger partial charge in [0.05, 0.1) is 32.6 Å². The molecule has 0 amide bonds. The third kappa shape index (κ3) is 5.07. The predicted molar refractivity (Wildman–Crippen MR) is 142 cm³/mol. The fourth-order valence-corrected chi connectivity index (χ4v) is 4.80. The molecule has 2 aromatic heterocycles. The van der Waals surface area contributed by atoms with Crippen LogP contribution in [0.15, 0.2) is 12.1 Å². The molecule has 0 aliphatic carbocycles. The van der Waals surface area contributed by atoms with Crippen molar-refractivity contribution >= 4 is 23.1 Å². The summed E-state index contributed by atoms with van der Waals surface area (Å²) in [6.45, 7) is 15.5. The van der Waals surface area contributed by atoms with Gasteiger partial charge in [-0.25, -0.2) is 0 Å². The van der Waals surface area contributed by atoms with Crippen molar-refractivity contribution in [1.82, 2.24) is 14.7 Å². The Bertz CT molecular complexity index is 1300. The molecule has 200 valence electrons. The van der Waals surface area contributed by atoms with Crippen LogP contribution in [0.4, 0.5) is 11.6 Å². The number of methoxy groups -OCH3 is 1. The minimum absolute atomic E-state index is 0.0141. The average molecular weight is 512 g/mol. The Kier molecular flexibility index (Phi) is 7.59. The number of aromatic nitrogens is 4. The number of aryl methyl sites for hydroxylation is 1. The zero-order valence-corrected chi connectivity index (χ0v) is 23.1. The second-order valence-corrected chi connectivity index (χ2v) is 10.3. The van der Waals surface area contributed by atoms with Crippen molar-refractivity contribution in [2.75, 3.05) is 50.7 Å². The third-order valence-electron chi connectivity index (χ3n) is 6.81. The van der Waals surface area contributed by atoms with E-state index in [1.807, 2.05) is 26.0 Å². The summed E-state index contributed by atoms with van der Waals surface area (Å²) in [5.74, 6) is 1.50. The lowest BCUT2D eigenvalue weighted by Crippen LogP contribution is -2.42. The van der Waals surface area contributed by atoms with Crippen LogP contribution in [0.25, 0.3) is 5.65 Å². The van der Waals surface area contributed by atoms with E-state index in [4.69, 9.17) is 25.0 Å². The molecule has 10 nitrogen and oxygen atoms in total. The fourth-order valence-electron chi connectivity index (χ4n) is 4.80. The van der Waals surface area contributed by atoms with E-state index >= 15 is 0 Å². The Labute approximate surface area is 218 Å². The molecule has 1 saturated heterocycles. The third-order valence-corrected chi connectivity index (χ3v) is 6.81. The summed E-state index contributed by atoms with van der Waals surface area (Å²) in [5, 5.41) is 9.25. The molecule has 0 radical (unpaired) electrons. The summed E-state index contributed by atoms with van der Waals surface area (Å²) in [7, 11) is 1.68. The molecule has 0 saturated carbocycles. The molecule has 1 aromatic carbocycles. The lowest BCUT2D eigenvalue weighted by Gasteiger charge is -2.33. The smallest absolute Gasteiger partial charge is 0.401 e. The number of benzene rings is 1. The van der Waals surface area contributed by atoms with Gasteiger partial charge in [0.1, 0.15) is 5.75 Å². The van der Waals surface area contributed by atoms with Gasteiger partial charge in [0, 0.05) is 35.3 Å². The molecule has 3 heterocycles. The molecule has 4 rings (SSSR count). The van der Waals surface area contributed by atoms with E-state index in [-0.39, 0.29) is 23.7 Å². The van der Waals surface area contributed by atoms with Gasteiger partial charge in [0.25, 0.3) is 5.65 Å². The number of carbonyl (C=O) groups excluding carboxylic acids is 1. The highest BCUT2D eigenvalue weighted by molar-refractivity contribution is 5.97. The topological polar surface area (TPSA) is 108 Å². The summed E-state index contributed by atoms with van der Waals surface area (Å²) in [4.78, 5) is 15.9. The first-order valence-corrected chi connectivity index (χ1v) is 12.9. The van der Waals surface area contributed by atoms with Crippen molar-refractivity contribution in [2.24, 2.45) is 0 Å². The molecule has 37 heavy (non-hydrogen) atoms. The maximum atomic E-state index is 13.7. The van der Waals surface area contributed by atoms with Gasteiger partial charge in [-0.15, -0.1) is 4.68 Å². The number of anilines is 2. The normalized spacial score (nSPS) is 14.3. The molecule has 0 spiro atoms. The molecular formula is C27H39N6O4+. The van der Waals surface area contributed by atoms with Gasteiger partial charge in [-0.3, -0.25) is 10.5 Å². The molecule has 2 N–H and O–H groups in total. The summed E-state index contributed by atoms with van der Waals surface area (Å²) < 4.78 is 20.2. The number of ether oxygens (including phenoxy) is 3. The number of rotatable bonds is 8. The van der Waals surface area contributed by atoms with Crippen LogP contribution in [0.5, 0.6) is 11.6 Å². The second-order valence-electron chi connectivity index (χ2n) is 10.3. The Hall–Kier alpha value is -3.40. The number of nitrogens with two attached hydrogens (primary N) is 1. The van der Waals surface area contributed by atoms with Crippen LogP contribution in [0.1, 0.15) is 61.7 Å². The van der Waals surface area contributed by atoms with Crippen molar-refractivity contribution in [1.29, 1.82) is 0 Å². The van der Waals surface area contributed by atoms with E-state index < -0.39 is 0 Å². The molecule has 0 unspecified atom stereocenters. The maximum Gasteiger partial charge on any atom is 0.401 e. The van der Waals surface area contributed by atoms with E-state index in [0.717, 1.165) is 47.6 Å². The van der Waals surface area contributed by atoms with Crippen LogP contribution < -0.4 is 24.8 Å². The van der Waals surface area contributed by atoms with Gasteiger partial charge in [0.2, 0.25) is 5.88 Å². The number of fused-ring (bicyclic) bond motifs is 1. The molecule has 0 atom stereocenters. The Morgan fingerprint density at radius 2 is 1.92 bits per heavy atom. The highest BCUT2D eigenvalue weighted by Gasteiger charge is 2.29. The monoisotopic (exact) mass is 511 g/mol. The highest BCUT2D eigenvalue weighted by atomic mass is 16.5. The Morgan fingerprint density at radius 1 is 1.22 bits per heavy atom. The molecule has 1 aliphatic heterocycles. The van der Waals surface area contributed by atoms with Gasteiger partial charge < -0.3 is 19.1 Å². The second kappa shape index (κ2) is 10.5. The van der Waals surface area contributed by atoms with Crippen LogP contribution in [0, 0.1) is 6.92 Å². The average Bonchev–Trinajstić information content (AvgIpc) is 3.18. The van der Waals surface area contributed by atoms with Gasteiger partial charge in [-0.1, -0.05) is 42.4 Å². The number of carbonyl (C=O) groups is 1. The lowest BCUT2D eigenvalue weighted by molar-refractivity contribution is -0.723. The summed E-state index contributed by atoms with van der Waals surface area (Å²) in [6.07, 6.45) is 0.735. The highest BCUT2D eigenvalue weighted by Crippen LogP contribution is 2.40. The van der Waals surface area contributed by atoms with Crippen LogP contribution in [-0.2, 0) is 23.1 Å². The van der Waals surface area contributed by atoms with E-state index in [1.54, 1.807) is 11.6 Å². The lowest BCUT2D eigenvalue weighted by atomic mass is 9.84. The Balaban J connectivity index is 1.78. The van der Waals surface area contributed by atoms with E-state index in [2.05, 4.69) is 37.7 Å². The number of ketones is 1. The maximum absolute atomic E-state index is 13.7. The zero-order valence-electron chi connectivity index (χ0n) is 23.1. The van der Waals surface area contributed by atoms with Crippen LogP contribution in [0.2, 0.25) is 0 Å². The molecule has 0 bridgehead atoms. The van der Waals surface area contributed by atoms with Crippen molar-refractivity contribution in [3.8, 4) is 11.6 Å². The molecular weight excluding hydrogens is 472 g/mol. The number of Topliss-reactive ketones (excluding diaryl/α,β-unsaturated/α-hetero) is 1. The van der Waals surface area contributed by atoms with Crippen molar-refractivity contribution < 1.29 is 23.7 Å². The number of morpholine rings is 1. The standard InChI is InChI=1S/C27H38N6O4/c1-8-19-17(3)25(37-9-2)30-33-24(19)29-32(26(33)28)16-22(34)18-14-20(27(4,5)6)23(35-7)21(15-18)31-10-12-36-13-11-31/h14-15,28H,8-13,16H2,1-7H3/p+1. The number of hydrogen-bond donors (Lipinski definition) is 1. The summed E-state index contributed by atoms with van der Waals surface area (Å²) in [6, 6.07) is 3.85. The minimum Gasteiger partial charge on any atom is -0.494 e. The molecule has 3 aromatic rings. The predicted octanol–water partition coefficient (Wildman–Crippen LogP) is 2.89. The zero-order chi connectivity index (χ0) is 26.9. The van der Waals surface area contributed by atoms with Crippen LogP contribution >= 0.6 is 0 Å². The van der Waals surface area contributed by atoms with Gasteiger partial charge in [-0.05, 0) is 37.8 Å².